The minimum atomic E-state index is -1.61. The molecule has 5 rings (SSSR count). The highest BCUT2D eigenvalue weighted by Gasteiger charge is 2.54. The molecule has 10 heteroatoms. The number of carbonyl (C=O) groups is 1. The number of rotatable bonds is 7. The second-order valence-corrected chi connectivity index (χ2v) is 9.39. The molecule has 1 aliphatic carbocycles. The third-order valence-corrected chi connectivity index (χ3v) is 6.52. The number of alkyl halides is 1. The van der Waals surface area contributed by atoms with Crippen molar-refractivity contribution < 1.29 is 19.0 Å². The largest absolute Gasteiger partial charge is 0.387 e. The number of halogens is 1. The van der Waals surface area contributed by atoms with Crippen LogP contribution in [-0.2, 0) is 4.74 Å². The van der Waals surface area contributed by atoms with E-state index in [0.29, 0.717) is 47.7 Å². The van der Waals surface area contributed by atoms with Crippen LogP contribution >= 0.6 is 0 Å². The van der Waals surface area contributed by atoms with Gasteiger partial charge in [0.25, 0.3) is 5.91 Å². The van der Waals surface area contributed by atoms with Gasteiger partial charge in [0.1, 0.15) is 12.2 Å². The smallest absolute Gasteiger partial charge is 0.255 e. The van der Waals surface area contributed by atoms with Crippen molar-refractivity contribution in [3.8, 4) is 17.5 Å². The molecule has 34 heavy (non-hydrogen) atoms. The van der Waals surface area contributed by atoms with Crippen LogP contribution in [0.1, 0.15) is 29.8 Å². The van der Waals surface area contributed by atoms with Gasteiger partial charge in [0.2, 0.25) is 0 Å². The molecule has 0 radical (unpaired) electrons. The van der Waals surface area contributed by atoms with E-state index >= 15 is 0 Å². The number of anilines is 1. The molecular weight excluding hydrogens is 439 g/mol. The van der Waals surface area contributed by atoms with E-state index in [9.17, 15) is 14.3 Å². The molecule has 4 heterocycles. The maximum Gasteiger partial charge on any atom is 0.255 e. The van der Waals surface area contributed by atoms with E-state index in [-0.39, 0.29) is 18.2 Å². The number of amides is 1. The Balaban J connectivity index is 1.45. The fourth-order valence-electron chi connectivity index (χ4n) is 4.31. The number of nitrogens with one attached hydrogen (secondary N) is 2. The number of aliphatic hydroxyl groups is 1. The van der Waals surface area contributed by atoms with E-state index in [1.165, 1.54) is 26.2 Å². The van der Waals surface area contributed by atoms with Crippen molar-refractivity contribution in [3.63, 3.8) is 0 Å². The first-order valence-electron chi connectivity index (χ1n) is 11.1. The normalized spacial score (nSPS) is 22.1. The number of hydrogen-bond donors (Lipinski definition) is 3. The summed E-state index contributed by atoms with van der Waals surface area (Å²) in [7, 11) is 0. The highest BCUT2D eigenvalue weighted by Crippen LogP contribution is 2.46. The van der Waals surface area contributed by atoms with E-state index in [1.54, 1.807) is 16.6 Å². The number of nitrogens with zero attached hydrogens (tertiary/aromatic N) is 4. The third kappa shape index (κ3) is 4.08. The summed E-state index contributed by atoms with van der Waals surface area (Å²) in [6, 6.07) is 9.49. The summed E-state index contributed by atoms with van der Waals surface area (Å²) in [4.78, 5) is 17.4. The molecule has 2 aliphatic rings. The molecule has 2 unspecified atom stereocenters. The third-order valence-electron chi connectivity index (χ3n) is 6.52. The van der Waals surface area contributed by atoms with Gasteiger partial charge in [0.05, 0.1) is 65.3 Å². The lowest BCUT2D eigenvalue weighted by molar-refractivity contribution is -0.00177. The molecule has 176 valence electrons. The Morgan fingerprint density at radius 3 is 2.82 bits per heavy atom. The quantitative estimate of drug-likeness (QED) is 0.489. The number of fused-ring (bicyclic) bond motifs is 2. The second kappa shape index (κ2) is 8.34. The number of aromatic nitrogens is 3. The first-order valence-corrected chi connectivity index (χ1v) is 11.1. The van der Waals surface area contributed by atoms with Crippen molar-refractivity contribution in [2.45, 2.75) is 31.7 Å². The average Bonchev–Trinajstić information content (AvgIpc) is 3.17. The number of nitriles is 1. The van der Waals surface area contributed by atoms with Gasteiger partial charge < -0.3 is 20.5 Å². The molecule has 3 aromatic heterocycles. The van der Waals surface area contributed by atoms with Crippen LogP contribution < -0.4 is 10.6 Å². The zero-order chi connectivity index (χ0) is 24.0. The molecule has 1 amide bonds. The summed E-state index contributed by atoms with van der Waals surface area (Å²) >= 11 is 0. The Bertz CT molecular complexity index is 1280. The predicted molar refractivity (Wildman–Crippen MR) is 122 cm³/mol. The van der Waals surface area contributed by atoms with Crippen molar-refractivity contribution in [3.05, 3.63) is 47.8 Å². The molecule has 1 aliphatic heterocycles. The Morgan fingerprint density at radius 1 is 1.35 bits per heavy atom. The average molecular weight is 465 g/mol. The van der Waals surface area contributed by atoms with Crippen LogP contribution in [0.25, 0.3) is 16.9 Å². The molecule has 0 bridgehead atoms. The van der Waals surface area contributed by atoms with Gasteiger partial charge in [-0.1, -0.05) is 0 Å². The summed E-state index contributed by atoms with van der Waals surface area (Å²) < 4.78 is 21.3. The zero-order valence-electron chi connectivity index (χ0n) is 18.8. The molecule has 0 aromatic carbocycles. The van der Waals surface area contributed by atoms with E-state index in [4.69, 9.17) is 10.00 Å². The predicted octanol–water partition coefficient (Wildman–Crippen LogP) is 2.16. The van der Waals surface area contributed by atoms with Crippen LogP contribution in [0, 0.1) is 23.2 Å². The monoisotopic (exact) mass is 464 g/mol. The minimum Gasteiger partial charge on any atom is -0.387 e. The molecular formula is C24H25FN6O3. The minimum absolute atomic E-state index is 0.196. The zero-order valence-corrected chi connectivity index (χ0v) is 18.8. The second-order valence-electron chi connectivity index (χ2n) is 9.39. The van der Waals surface area contributed by atoms with Gasteiger partial charge in [-0.05, 0) is 38.1 Å². The van der Waals surface area contributed by atoms with Crippen LogP contribution in [-0.4, -0.2) is 63.2 Å². The van der Waals surface area contributed by atoms with E-state index in [1.807, 2.05) is 12.1 Å². The van der Waals surface area contributed by atoms with E-state index in [2.05, 4.69) is 26.8 Å². The van der Waals surface area contributed by atoms with Crippen LogP contribution in [0.2, 0.25) is 0 Å². The number of hydrogen-bond acceptors (Lipinski definition) is 7. The summed E-state index contributed by atoms with van der Waals surface area (Å²) in [6.45, 7) is 3.77. The van der Waals surface area contributed by atoms with Crippen LogP contribution in [0.4, 0.5) is 10.1 Å². The highest BCUT2D eigenvalue weighted by molar-refractivity contribution is 6.00. The topological polar surface area (TPSA) is 125 Å². The Kier molecular flexibility index (Phi) is 5.46. The molecule has 2 fully saturated rings. The number of carbonyl (C=O) groups excluding carboxylic acids is 1. The van der Waals surface area contributed by atoms with Crippen LogP contribution in [0.5, 0.6) is 0 Å². The first-order chi connectivity index (χ1) is 16.3. The molecule has 3 atom stereocenters. The summed E-state index contributed by atoms with van der Waals surface area (Å²) in [6.07, 6.45) is 1.33. The molecule has 1 saturated heterocycles. The summed E-state index contributed by atoms with van der Waals surface area (Å²) in [5.41, 5.74) is 1.83. The number of pyridine rings is 1. The molecule has 3 aromatic rings. The maximum absolute atomic E-state index is 14.2. The standard InChI is InChI=1S/C24H25FN6O3/c1-24(2,33)21(25)10-28-23(32)15-9-27-19(6-18(15)30-22-16-11-34-12-17(16)22)20-4-3-14-5-13(7-26)8-29-31(14)20/h3-6,8-9,16-17,21-22,33H,10-12H2,1-2H3,(H,27,30)(H,28,32)/t16?,17?,21-,22?/m1/s1. The van der Waals surface area contributed by atoms with Crippen molar-refractivity contribution >= 4 is 17.1 Å². The van der Waals surface area contributed by atoms with Gasteiger partial charge in [-0.2, -0.15) is 10.4 Å². The van der Waals surface area contributed by atoms with Gasteiger partial charge in [-0.25, -0.2) is 8.91 Å². The summed E-state index contributed by atoms with van der Waals surface area (Å²) in [5.74, 6) is 0.323. The van der Waals surface area contributed by atoms with E-state index in [0.717, 1.165) is 5.52 Å². The van der Waals surface area contributed by atoms with Gasteiger partial charge in [0, 0.05) is 24.1 Å². The van der Waals surface area contributed by atoms with Crippen molar-refractivity contribution in [1.29, 1.82) is 5.26 Å². The van der Waals surface area contributed by atoms with Crippen molar-refractivity contribution in [1.82, 2.24) is 19.9 Å². The SMILES string of the molecule is CC(C)(O)[C@H](F)CNC(=O)c1cnc(-c2ccc3cc(C#N)cnn23)cc1NC1C2COCC21. The van der Waals surface area contributed by atoms with Gasteiger partial charge >= 0.3 is 0 Å². The van der Waals surface area contributed by atoms with Crippen molar-refractivity contribution in [2.24, 2.45) is 11.8 Å². The molecule has 1 saturated carbocycles. The Morgan fingerprint density at radius 2 is 2.12 bits per heavy atom. The lowest BCUT2D eigenvalue weighted by Crippen LogP contribution is -2.42. The molecule has 9 nitrogen and oxygen atoms in total. The van der Waals surface area contributed by atoms with Gasteiger partial charge in [-0.15, -0.1) is 0 Å². The Hall–Kier alpha value is -3.55. The Labute approximate surface area is 195 Å². The lowest BCUT2D eigenvalue weighted by atomic mass is 10.0. The van der Waals surface area contributed by atoms with E-state index < -0.39 is 17.7 Å². The maximum atomic E-state index is 14.2. The van der Waals surface area contributed by atoms with Crippen LogP contribution in [0.15, 0.2) is 36.7 Å². The fourth-order valence-corrected chi connectivity index (χ4v) is 4.31. The van der Waals surface area contributed by atoms with Gasteiger partial charge in [0.15, 0.2) is 0 Å². The lowest BCUT2D eigenvalue weighted by Gasteiger charge is -2.22. The molecule has 3 N–H and O–H groups in total. The highest BCUT2D eigenvalue weighted by atomic mass is 19.1. The summed E-state index contributed by atoms with van der Waals surface area (Å²) in [5, 5.41) is 29.3. The fraction of sp³-hybridized carbons (Fsp3) is 0.417. The van der Waals surface area contributed by atoms with Gasteiger partial charge in [-0.3, -0.25) is 9.78 Å². The van der Waals surface area contributed by atoms with Crippen LogP contribution in [0.3, 0.4) is 0 Å². The number of ether oxygens (including phenoxy) is 1. The molecule has 0 spiro atoms. The van der Waals surface area contributed by atoms with Crippen molar-refractivity contribution in [2.75, 3.05) is 25.1 Å². The first kappa shape index (κ1) is 22.3.